The molecule has 1 atom stereocenters. The number of esters is 1. The van der Waals surface area contributed by atoms with Crippen LogP contribution in [0.5, 0.6) is 0 Å². The van der Waals surface area contributed by atoms with Gasteiger partial charge >= 0.3 is 11.9 Å². The summed E-state index contributed by atoms with van der Waals surface area (Å²) in [6.45, 7) is 8.35. The van der Waals surface area contributed by atoms with E-state index in [0.717, 1.165) is 16.5 Å². The van der Waals surface area contributed by atoms with Gasteiger partial charge in [0.1, 0.15) is 11.1 Å². The first kappa shape index (κ1) is 23.4. The highest BCUT2D eigenvalue weighted by Crippen LogP contribution is 2.24. The standard InChI is InChI=1S/C23H32N2O5/c1-22(2,3)30-19(26)12-8-9-15(20(27)25-23(4,5)21(28)29)13-16-14-24-18-11-7-6-10-17(16)18/h6-7,10-11,14-15,24H,8-9,12-13H2,1-5H3,(H,25,27)(H,28,29). The van der Waals surface area contributed by atoms with Gasteiger partial charge in [-0.05, 0) is 65.5 Å². The molecule has 7 heteroatoms. The van der Waals surface area contributed by atoms with Crippen molar-refractivity contribution in [2.45, 2.75) is 71.4 Å². The van der Waals surface area contributed by atoms with Crippen molar-refractivity contribution in [1.29, 1.82) is 0 Å². The molecule has 1 amide bonds. The summed E-state index contributed by atoms with van der Waals surface area (Å²) in [4.78, 5) is 39.6. The Labute approximate surface area is 177 Å². The Hall–Kier alpha value is -2.83. The van der Waals surface area contributed by atoms with Gasteiger partial charge in [0.15, 0.2) is 0 Å². The lowest BCUT2D eigenvalue weighted by Gasteiger charge is -2.25. The van der Waals surface area contributed by atoms with Gasteiger partial charge in [-0.1, -0.05) is 18.2 Å². The monoisotopic (exact) mass is 416 g/mol. The first-order chi connectivity index (χ1) is 13.9. The molecule has 0 bridgehead atoms. The van der Waals surface area contributed by atoms with Crippen molar-refractivity contribution in [3.8, 4) is 0 Å². The summed E-state index contributed by atoms with van der Waals surface area (Å²) in [6.07, 6.45) is 3.45. The van der Waals surface area contributed by atoms with Gasteiger partial charge in [0.25, 0.3) is 0 Å². The number of fused-ring (bicyclic) bond motifs is 1. The van der Waals surface area contributed by atoms with Gasteiger partial charge in [0.05, 0.1) is 0 Å². The SMILES string of the molecule is CC(C)(C)OC(=O)CCCC(Cc1c[nH]c2ccccc12)C(=O)NC(C)(C)C(=O)O. The maximum Gasteiger partial charge on any atom is 0.328 e. The van der Waals surface area contributed by atoms with Crippen LogP contribution < -0.4 is 5.32 Å². The van der Waals surface area contributed by atoms with Gasteiger partial charge in [-0.15, -0.1) is 0 Å². The maximum atomic E-state index is 12.9. The van der Waals surface area contributed by atoms with Crippen LogP contribution in [0.2, 0.25) is 0 Å². The van der Waals surface area contributed by atoms with Gasteiger partial charge < -0.3 is 20.1 Å². The highest BCUT2D eigenvalue weighted by atomic mass is 16.6. The van der Waals surface area contributed by atoms with Crippen LogP contribution in [0.15, 0.2) is 30.5 Å². The van der Waals surface area contributed by atoms with E-state index in [1.165, 1.54) is 13.8 Å². The lowest BCUT2D eigenvalue weighted by atomic mass is 9.91. The summed E-state index contributed by atoms with van der Waals surface area (Å²) in [5.74, 6) is -2.21. The average molecular weight is 417 g/mol. The number of aromatic nitrogens is 1. The van der Waals surface area contributed by atoms with Gasteiger partial charge in [-0.3, -0.25) is 9.59 Å². The number of carbonyl (C=O) groups excluding carboxylic acids is 2. The Kier molecular flexibility index (Phi) is 7.29. The third kappa shape index (κ3) is 6.61. The zero-order chi connectivity index (χ0) is 22.5. The molecule has 7 nitrogen and oxygen atoms in total. The zero-order valence-electron chi connectivity index (χ0n) is 18.4. The molecule has 1 unspecified atom stereocenters. The summed E-state index contributed by atoms with van der Waals surface area (Å²) in [6, 6.07) is 7.82. The van der Waals surface area contributed by atoms with E-state index in [1.54, 1.807) is 0 Å². The molecule has 0 fully saturated rings. The van der Waals surface area contributed by atoms with Crippen molar-refractivity contribution in [3.05, 3.63) is 36.0 Å². The lowest BCUT2D eigenvalue weighted by molar-refractivity contribution is -0.155. The van der Waals surface area contributed by atoms with Crippen LogP contribution in [0.25, 0.3) is 10.9 Å². The van der Waals surface area contributed by atoms with Crippen LogP contribution in [0.3, 0.4) is 0 Å². The number of hydrogen-bond donors (Lipinski definition) is 3. The number of hydrogen-bond acceptors (Lipinski definition) is 4. The molecule has 0 spiro atoms. The van der Waals surface area contributed by atoms with Crippen molar-refractivity contribution in [2.24, 2.45) is 5.92 Å². The summed E-state index contributed by atoms with van der Waals surface area (Å²) in [5.41, 5.74) is 0.0341. The molecule has 2 aromatic rings. The van der Waals surface area contributed by atoms with E-state index in [9.17, 15) is 19.5 Å². The van der Waals surface area contributed by atoms with Crippen LogP contribution in [-0.4, -0.2) is 39.1 Å². The second-order valence-corrected chi connectivity index (χ2v) is 9.16. The molecule has 0 aliphatic carbocycles. The second kappa shape index (κ2) is 9.32. The van der Waals surface area contributed by atoms with Crippen molar-refractivity contribution in [2.75, 3.05) is 0 Å². The lowest BCUT2D eigenvalue weighted by Crippen LogP contribution is -2.51. The summed E-state index contributed by atoms with van der Waals surface area (Å²) < 4.78 is 5.33. The molecular weight excluding hydrogens is 384 g/mol. The number of ether oxygens (including phenoxy) is 1. The quantitative estimate of drug-likeness (QED) is 0.539. The Morgan fingerprint density at radius 1 is 1.13 bits per heavy atom. The topological polar surface area (TPSA) is 108 Å². The van der Waals surface area contributed by atoms with Crippen LogP contribution in [0, 0.1) is 5.92 Å². The number of carboxylic acids is 1. The molecule has 1 heterocycles. The van der Waals surface area contributed by atoms with Gasteiger partial charge in [0, 0.05) is 29.4 Å². The van der Waals surface area contributed by atoms with Crippen molar-refractivity contribution < 1.29 is 24.2 Å². The number of carbonyl (C=O) groups is 3. The van der Waals surface area contributed by atoms with E-state index in [-0.39, 0.29) is 18.3 Å². The predicted molar refractivity (Wildman–Crippen MR) is 115 cm³/mol. The van der Waals surface area contributed by atoms with Crippen LogP contribution in [0.1, 0.15) is 59.4 Å². The fourth-order valence-electron chi connectivity index (χ4n) is 3.24. The molecule has 0 radical (unpaired) electrons. The van der Waals surface area contributed by atoms with E-state index in [1.807, 2.05) is 51.2 Å². The molecule has 1 aromatic carbocycles. The molecule has 0 saturated heterocycles. The number of H-pyrrole nitrogens is 1. The first-order valence-corrected chi connectivity index (χ1v) is 10.2. The Balaban J connectivity index is 2.12. The summed E-state index contributed by atoms with van der Waals surface area (Å²) in [7, 11) is 0. The third-order valence-electron chi connectivity index (χ3n) is 4.84. The van der Waals surface area contributed by atoms with E-state index in [2.05, 4.69) is 10.3 Å². The molecule has 30 heavy (non-hydrogen) atoms. The van der Waals surface area contributed by atoms with E-state index in [0.29, 0.717) is 19.3 Å². The molecule has 164 valence electrons. The Morgan fingerprint density at radius 3 is 2.43 bits per heavy atom. The van der Waals surface area contributed by atoms with Gasteiger partial charge in [-0.25, -0.2) is 4.79 Å². The van der Waals surface area contributed by atoms with Crippen molar-refractivity contribution in [3.63, 3.8) is 0 Å². The number of aliphatic carboxylic acids is 1. The number of benzene rings is 1. The minimum absolute atomic E-state index is 0.206. The van der Waals surface area contributed by atoms with Crippen LogP contribution >= 0.6 is 0 Å². The molecule has 1 aromatic heterocycles. The van der Waals surface area contributed by atoms with E-state index < -0.39 is 23.0 Å². The maximum absolute atomic E-state index is 12.9. The number of rotatable bonds is 9. The average Bonchev–Trinajstić information content (AvgIpc) is 3.02. The molecule has 0 aliphatic heterocycles. The minimum atomic E-state index is -1.37. The molecule has 2 rings (SSSR count). The third-order valence-corrected chi connectivity index (χ3v) is 4.84. The fraction of sp³-hybridized carbons (Fsp3) is 0.522. The normalized spacial score (nSPS) is 13.1. The second-order valence-electron chi connectivity index (χ2n) is 9.16. The van der Waals surface area contributed by atoms with Crippen molar-refractivity contribution in [1.82, 2.24) is 10.3 Å². The molecule has 0 aliphatic rings. The Bertz CT molecular complexity index is 908. The van der Waals surface area contributed by atoms with Gasteiger partial charge in [0.2, 0.25) is 5.91 Å². The first-order valence-electron chi connectivity index (χ1n) is 10.2. The van der Waals surface area contributed by atoms with Crippen LogP contribution in [0.4, 0.5) is 0 Å². The van der Waals surface area contributed by atoms with Crippen LogP contribution in [-0.2, 0) is 25.5 Å². The number of amides is 1. The van der Waals surface area contributed by atoms with E-state index >= 15 is 0 Å². The highest BCUT2D eigenvalue weighted by Gasteiger charge is 2.32. The predicted octanol–water partition coefficient (Wildman–Crippen LogP) is 3.82. The number of carboxylic acid groups (broad SMARTS) is 1. The van der Waals surface area contributed by atoms with Gasteiger partial charge in [-0.2, -0.15) is 0 Å². The number of para-hydroxylation sites is 1. The molecule has 0 saturated carbocycles. The summed E-state index contributed by atoms with van der Waals surface area (Å²) >= 11 is 0. The zero-order valence-corrected chi connectivity index (χ0v) is 18.4. The smallest absolute Gasteiger partial charge is 0.328 e. The van der Waals surface area contributed by atoms with E-state index in [4.69, 9.17) is 4.74 Å². The molecular formula is C23H32N2O5. The van der Waals surface area contributed by atoms with Crippen molar-refractivity contribution >= 4 is 28.7 Å². The number of nitrogens with one attached hydrogen (secondary N) is 2. The Morgan fingerprint density at radius 2 is 1.80 bits per heavy atom. The molecule has 3 N–H and O–H groups in total. The number of aromatic amines is 1. The summed E-state index contributed by atoms with van der Waals surface area (Å²) in [5, 5.41) is 13.0. The minimum Gasteiger partial charge on any atom is -0.480 e. The fourth-order valence-corrected chi connectivity index (χ4v) is 3.24. The highest BCUT2D eigenvalue weighted by molar-refractivity contribution is 5.88. The largest absolute Gasteiger partial charge is 0.480 e.